The van der Waals surface area contributed by atoms with Crippen molar-refractivity contribution in [2.75, 3.05) is 19.8 Å². The Morgan fingerprint density at radius 2 is 1.96 bits per heavy atom. The molecule has 2 heterocycles. The summed E-state index contributed by atoms with van der Waals surface area (Å²) in [5.41, 5.74) is 0. The lowest BCUT2D eigenvalue weighted by atomic mass is 9.96. The number of nitrogens with zero attached hydrogens (tertiary/aromatic N) is 2. The Kier molecular flexibility index (Phi) is 5.15. The van der Waals surface area contributed by atoms with Gasteiger partial charge in [-0.1, -0.05) is 18.2 Å². The first-order chi connectivity index (χ1) is 12.9. The van der Waals surface area contributed by atoms with Crippen LogP contribution in [0.15, 0.2) is 30.3 Å². The molecule has 1 aromatic carbocycles. The summed E-state index contributed by atoms with van der Waals surface area (Å²) in [5, 5.41) is 11.9. The van der Waals surface area contributed by atoms with E-state index in [-0.39, 0.29) is 19.8 Å². The standard InChI is InChI=1S/C17H19N3O7/c1-2-26-17(25)19-8-11-13(15(22)20(11)14(19)16(23)24)18-12(21)9-27-10-6-4-3-5-7-10/h3-7,11,13-14H,2,8-9H2,1H3,(H,18,21)(H,23,24)/t11?,13-,14?/m0/s1. The van der Waals surface area contributed by atoms with E-state index in [1.165, 1.54) is 0 Å². The van der Waals surface area contributed by atoms with Crippen LogP contribution in [-0.4, -0.2) is 76.8 Å². The molecule has 0 aliphatic carbocycles. The molecule has 2 aliphatic rings. The molecule has 0 saturated carbocycles. The Hall–Kier alpha value is -3.30. The van der Waals surface area contributed by atoms with E-state index in [0.717, 1.165) is 9.80 Å². The van der Waals surface area contributed by atoms with Gasteiger partial charge in [-0.05, 0) is 19.1 Å². The predicted octanol–water partition coefficient (Wildman–Crippen LogP) is -0.356. The largest absolute Gasteiger partial charge is 0.484 e. The zero-order chi connectivity index (χ0) is 19.6. The van der Waals surface area contributed by atoms with E-state index in [1.807, 2.05) is 6.07 Å². The smallest absolute Gasteiger partial charge is 0.411 e. The normalized spacial score (nSPS) is 23.3. The highest BCUT2D eigenvalue weighted by atomic mass is 16.6. The van der Waals surface area contributed by atoms with Gasteiger partial charge in [0, 0.05) is 6.54 Å². The molecule has 2 unspecified atom stereocenters. The van der Waals surface area contributed by atoms with Crippen molar-refractivity contribution >= 4 is 23.9 Å². The fourth-order valence-electron chi connectivity index (χ4n) is 3.19. The van der Waals surface area contributed by atoms with Crippen LogP contribution in [0.4, 0.5) is 4.79 Å². The van der Waals surface area contributed by atoms with E-state index in [9.17, 15) is 24.3 Å². The second-order valence-corrected chi connectivity index (χ2v) is 6.02. The van der Waals surface area contributed by atoms with Crippen molar-refractivity contribution in [1.82, 2.24) is 15.1 Å². The summed E-state index contributed by atoms with van der Waals surface area (Å²) in [7, 11) is 0. The molecule has 10 heteroatoms. The fourth-order valence-corrected chi connectivity index (χ4v) is 3.19. The molecule has 0 aromatic heterocycles. The Bertz CT molecular complexity index is 754. The first-order valence-corrected chi connectivity index (χ1v) is 8.39. The van der Waals surface area contributed by atoms with Crippen molar-refractivity contribution in [2.24, 2.45) is 0 Å². The number of benzene rings is 1. The highest BCUT2D eigenvalue weighted by molar-refractivity contribution is 5.98. The van der Waals surface area contributed by atoms with Crippen molar-refractivity contribution in [1.29, 1.82) is 0 Å². The van der Waals surface area contributed by atoms with E-state index in [2.05, 4.69) is 5.32 Å². The van der Waals surface area contributed by atoms with Gasteiger partial charge in [0.15, 0.2) is 6.61 Å². The number of hydrogen-bond acceptors (Lipinski definition) is 6. The van der Waals surface area contributed by atoms with E-state index >= 15 is 0 Å². The molecule has 3 rings (SSSR count). The number of carbonyl (C=O) groups is 4. The van der Waals surface area contributed by atoms with Gasteiger partial charge in [0.2, 0.25) is 12.1 Å². The number of ether oxygens (including phenoxy) is 2. The van der Waals surface area contributed by atoms with Crippen LogP contribution >= 0.6 is 0 Å². The monoisotopic (exact) mass is 377 g/mol. The maximum Gasteiger partial charge on any atom is 0.411 e. The third kappa shape index (κ3) is 3.50. The molecular weight excluding hydrogens is 358 g/mol. The van der Waals surface area contributed by atoms with E-state index < -0.39 is 42.1 Å². The van der Waals surface area contributed by atoms with Gasteiger partial charge in [0.05, 0.1) is 12.6 Å². The molecule has 2 fully saturated rings. The van der Waals surface area contributed by atoms with E-state index in [1.54, 1.807) is 31.2 Å². The molecule has 3 amide bonds. The van der Waals surface area contributed by atoms with Gasteiger partial charge in [-0.25, -0.2) is 9.59 Å². The van der Waals surface area contributed by atoms with Crippen LogP contribution in [0.2, 0.25) is 0 Å². The first-order valence-electron chi connectivity index (χ1n) is 8.39. The van der Waals surface area contributed by atoms with Gasteiger partial charge in [-0.15, -0.1) is 0 Å². The van der Waals surface area contributed by atoms with Gasteiger partial charge in [0.25, 0.3) is 5.91 Å². The fraction of sp³-hybridized carbons (Fsp3) is 0.412. The number of nitrogens with one attached hydrogen (secondary N) is 1. The average molecular weight is 377 g/mol. The molecule has 1 aromatic rings. The van der Waals surface area contributed by atoms with Crippen LogP contribution in [0.3, 0.4) is 0 Å². The molecule has 0 radical (unpaired) electrons. The topological polar surface area (TPSA) is 125 Å². The average Bonchev–Trinajstić information content (AvgIpc) is 3.02. The number of hydrogen-bond donors (Lipinski definition) is 2. The van der Waals surface area contributed by atoms with E-state index in [4.69, 9.17) is 9.47 Å². The summed E-state index contributed by atoms with van der Waals surface area (Å²) >= 11 is 0. The maximum absolute atomic E-state index is 12.3. The molecule has 0 spiro atoms. The van der Waals surface area contributed by atoms with Gasteiger partial charge >= 0.3 is 12.1 Å². The van der Waals surface area contributed by atoms with Crippen LogP contribution in [0.1, 0.15) is 6.92 Å². The molecule has 10 nitrogen and oxygen atoms in total. The van der Waals surface area contributed by atoms with Crippen molar-refractivity contribution in [3.05, 3.63) is 30.3 Å². The summed E-state index contributed by atoms with van der Waals surface area (Å²) in [5.74, 6) is -1.91. The van der Waals surface area contributed by atoms with Crippen LogP contribution in [0, 0.1) is 0 Å². The van der Waals surface area contributed by atoms with Crippen molar-refractivity contribution in [2.45, 2.75) is 25.2 Å². The maximum atomic E-state index is 12.3. The number of β-lactam (4-membered cyclic amide) rings is 1. The number of carboxylic acid groups (broad SMARTS) is 1. The third-order valence-corrected chi connectivity index (χ3v) is 4.36. The molecule has 144 valence electrons. The van der Waals surface area contributed by atoms with Crippen LogP contribution in [0.5, 0.6) is 5.75 Å². The summed E-state index contributed by atoms with van der Waals surface area (Å²) in [4.78, 5) is 49.9. The van der Waals surface area contributed by atoms with Crippen LogP contribution in [-0.2, 0) is 19.1 Å². The molecule has 2 N–H and O–H groups in total. The lowest BCUT2D eigenvalue weighted by molar-refractivity contribution is -0.163. The SMILES string of the molecule is CCOC(=O)N1CC2[C@H](NC(=O)COc3ccccc3)C(=O)N2C1C(=O)O. The quantitative estimate of drug-likeness (QED) is 0.649. The number of carbonyl (C=O) groups excluding carboxylic acids is 3. The second kappa shape index (κ2) is 7.52. The highest BCUT2D eigenvalue weighted by Gasteiger charge is 2.61. The number of para-hydroxylation sites is 1. The lowest BCUT2D eigenvalue weighted by Gasteiger charge is -2.43. The number of fused-ring (bicyclic) bond motifs is 1. The third-order valence-electron chi connectivity index (χ3n) is 4.36. The molecular formula is C17H19N3O7. The zero-order valence-electron chi connectivity index (χ0n) is 14.5. The van der Waals surface area contributed by atoms with Crippen molar-refractivity contribution in [3.8, 4) is 5.75 Å². The Labute approximate surface area is 154 Å². The van der Waals surface area contributed by atoms with Crippen molar-refractivity contribution in [3.63, 3.8) is 0 Å². The molecule has 2 saturated heterocycles. The van der Waals surface area contributed by atoms with E-state index in [0.29, 0.717) is 5.75 Å². The number of carboxylic acids is 1. The Morgan fingerprint density at radius 1 is 1.26 bits per heavy atom. The first kappa shape index (κ1) is 18.5. The minimum absolute atomic E-state index is 0.0357. The minimum atomic E-state index is -1.43. The summed E-state index contributed by atoms with van der Waals surface area (Å²) in [6, 6.07) is 7.18. The van der Waals surface area contributed by atoms with Crippen LogP contribution < -0.4 is 10.1 Å². The Balaban J connectivity index is 1.61. The van der Waals surface area contributed by atoms with Crippen molar-refractivity contribution < 1.29 is 33.8 Å². The van der Waals surface area contributed by atoms with Crippen LogP contribution in [0.25, 0.3) is 0 Å². The summed E-state index contributed by atoms with van der Waals surface area (Å²) in [6.07, 6.45) is -2.25. The molecule has 0 bridgehead atoms. The predicted molar refractivity (Wildman–Crippen MR) is 89.7 cm³/mol. The summed E-state index contributed by atoms with van der Waals surface area (Å²) < 4.78 is 10.2. The number of aliphatic carboxylic acids is 1. The summed E-state index contributed by atoms with van der Waals surface area (Å²) in [6.45, 7) is 1.35. The second-order valence-electron chi connectivity index (χ2n) is 6.02. The highest BCUT2D eigenvalue weighted by Crippen LogP contribution is 2.33. The van der Waals surface area contributed by atoms with Gasteiger partial charge in [-0.3, -0.25) is 14.5 Å². The number of rotatable bonds is 6. The van der Waals surface area contributed by atoms with Gasteiger partial charge in [-0.2, -0.15) is 0 Å². The molecule has 3 atom stereocenters. The number of amides is 3. The lowest BCUT2D eigenvalue weighted by Crippen LogP contribution is -2.71. The minimum Gasteiger partial charge on any atom is -0.484 e. The molecule has 27 heavy (non-hydrogen) atoms. The Morgan fingerprint density at radius 3 is 2.59 bits per heavy atom. The van der Waals surface area contributed by atoms with Gasteiger partial charge in [0.1, 0.15) is 11.8 Å². The molecule has 2 aliphatic heterocycles. The zero-order valence-corrected chi connectivity index (χ0v) is 14.5. The van der Waals surface area contributed by atoms with Gasteiger partial charge < -0.3 is 24.8 Å².